The second kappa shape index (κ2) is 15.9. The summed E-state index contributed by atoms with van der Waals surface area (Å²) in [6.07, 6.45) is 3.38. The van der Waals surface area contributed by atoms with E-state index in [1.807, 2.05) is 57.2 Å². The zero-order chi connectivity index (χ0) is 26.2. The molecule has 10 heteroatoms. The topological polar surface area (TPSA) is 113 Å². The van der Waals surface area contributed by atoms with E-state index >= 15 is 0 Å². The van der Waals surface area contributed by atoms with E-state index in [1.54, 1.807) is 6.08 Å². The first kappa shape index (κ1) is 29.3. The van der Waals surface area contributed by atoms with E-state index in [9.17, 15) is 9.59 Å². The molecule has 0 aliphatic carbocycles. The number of ether oxygens (including phenoxy) is 2. The summed E-state index contributed by atoms with van der Waals surface area (Å²) in [6.45, 7) is 8.32. The van der Waals surface area contributed by atoms with Gasteiger partial charge in [0.2, 0.25) is 0 Å². The number of aliphatic carboxylic acids is 1. The zero-order valence-electron chi connectivity index (χ0n) is 21.3. The number of carboxylic acids is 1. The van der Waals surface area contributed by atoms with Gasteiger partial charge in [-0.2, -0.15) is 0 Å². The second-order valence-electron chi connectivity index (χ2n) is 7.72. The van der Waals surface area contributed by atoms with E-state index in [0.717, 1.165) is 22.4 Å². The van der Waals surface area contributed by atoms with E-state index in [-0.39, 0.29) is 6.61 Å². The first-order chi connectivity index (χ1) is 17.4. The fraction of sp³-hybridized carbons (Fsp3) is 0.462. The van der Waals surface area contributed by atoms with Gasteiger partial charge in [0.15, 0.2) is 0 Å². The van der Waals surface area contributed by atoms with Gasteiger partial charge in [0.1, 0.15) is 5.75 Å². The normalized spacial score (nSPS) is 11.6. The fourth-order valence-corrected chi connectivity index (χ4v) is 6.29. The average Bonchev–Trinajstić information content (AvgIpc) is 2.86. The molecule has 36 heavy (non-hydrogen) atoms. The lowest BCUT2D eigenvalue weighted by molar-refractivity contribution is -0.131. The number of amides is 1. The van der Waals surface area contributed by atoms with Gasteiger partial charge >= 0.3 is 20.9 Å². The average molecular weight is 520 g/mol. The van der Waals surface area contributed by atoms with Crippen LogP contribution in [0.5, 0.6) is 5.75 Å². The Morgan fingerprint density at radius 2 is 1.58 bits per heavy atom. The molecule has 0 aromatic heterocycles. The highest BCUT2D eigenvalue weighted by Crippen LogP contribution is 2.29. The summed E-state index contributed by atoms with van der Waals surface area (Å²) in [5.41, 5.74) is 0.795. The number of alkyl carbamates (subject to hydrolysis) is 1. The van der Waals surface area contributed by atoms with Crippen molar-refractivity contribution in [3.05, 3.63) is 48.0 Å². The minimum Gasteiger partial charge on any atom is -0.493 e. The standard InChI is InChI=1S/C26H37NO8Si/c1-4-33-36(34-5-2,35-6-3)20-9-17-27-26(30)32-19-10-18-31-24-15-13-21(14-16-25(28)29)22-11-7-8-12-23(22)24/h7-8,11-16H,4-6,9-10,17-20H2,1-3H3,(H,27,30)(H,28,29)/b16-14+. The molecule has 0 heterocycles. The maximum absolute atomic E-state index is 12.0. The van der Waals surface area contributed by atoms with Crippen LogP contribution >= 0.6 is 0 Å². The Hall–Kier alpha value is -2.92. The van der Waals surface area contributed by atoms with Crippen LogP contribution in [0.3, 0.4) is 0 Å². The largest absolute Gasteiger partial charge is 0.500 e. The van der Waals surface area contributed by atoms with Crippen molar-refractivity contribution >= 4 is 37.7 Å². The van der Waals surface area contributed by atoms with E-state index < -0.39 is 20.9 Å². The first-order valence-electron chi connectivity index (χ1n) is 12.3. The summed E-state index contributed by atoms with van der Waals surface area (Å²) < 4.78 is 28.6. The number of carboxylic acid groups (broad SMARTS) is 1. The number of carbonyl (C=O) groups is 2. The van der Waals surface area contributed by atoms with Crippen LogP contribution in [0.15, 0.2) is 42.5 Å². The zero-order valence-corrected chi connectivity index (χ0v) is 22.3. The number of hydrogen-bond donors (Lipinski definition) is 2. The highest BCUT2D eigenvalue weighted by Gasteiger charge is 2.39. The second-order valence-corrected chi connectivity index (χ2v) is 10.5. The molecule has 0 radical (unpaired) electrons. The van der Waals surface area contributed by atoms with E-state index in [0.29, 0.717) is 57.6 Å². The molecular formula is C26H37NO8Si. The van der Waals surface area contributed by atoms with Crippen molar-refractivity contribution in [3.8, 4) is 5.75 Å². The molecule has 2 rings (SSSR count). The van der Waals surface area contributed by atoms with Crippen LogP contribution < -0.4 is 10.1 Å². The summed E-state index contributed by atoms with van der Waals surface area (Å²) in [6, 6.07) is 11.9. The predicted molar refractivity (Wildman–Crippen MR) is 140 cm³/mol. The van der Waals surface area contributed by atoms with E-state index in [2.05, 4.69) is 5.32 Å². The number of rotatable bonds is 17. The monoisotopic (exact) mass is 519 g/mol. The van der Waals surface area contributed by atoms with Crippen molar-refractivity contribution in [1.29, 1.82) is 0 Å². The van der Waals surface area contributed by atoms with Gasteiger partial charge in [-0.05, 0) is 50.3 Å². The van der Waals surface area contributed by atoms with Crippen LogP contribution in [0.1, 0.15) is 39.2 Å². The minimum absolute atomic E-state index is 0.221. The lowest BCUT2D eigenvalue weighted by atomic mass is 10.0. The van der Waals surface area contributed by atoms with Crippen molar-refractivity contribution in [2.24, 2.45) is 0 Å². The molecule has 2 N–H and O–H groups in total. The Labute approximate surface area is 213 Å². The molecule has 0 fully saturated rings. The van der Waals surface area contributed by atoms with Gasteiger partial charge in [-0.1, -0.05) is 30.3 Å². The molecule has 198 valence electrons. The molecule has 0 saturated carbocycles. The molecule has 0 saturated heterocycles. The van der Waals surface area contributed by atoms with Crippen molar-refractivity contribution in [3.63, 3.8) is 0 Å². The van der Waals surface area contributed by atoms with Gasteiger partial charge in [0.05, 0.1) is 13.2 Å². The number of carbonyl (C=O) groups excluding carboxylic acids is 1. The fourth-order valence-electron chi connectivity index (χ4n) is 3.68. The maximum atomic E-state index is 12.0. The van der Waals surface area contributed by atoms with Crippen LogP contribution in [-0.2, 0) is 22.8 Å². The third-order valence-electron chi connectivity index (χ3n) is 5.12. The molecule has 0 spiro atoms. The van der Waals surface area contributed by atoms with E-state index in [4.69, 9.17) is 27.9 Å². The van der Waals surface area contributed by atoms with Gasteiger partial charge < -0.3 is 33.2 Å². The Morgan fingerprint density at radius 3 is 2.22 bits per heavy atom. The molecule has 0 unspecified atom stereocenters. The van der Waals surface area contributed by atoms with Crippen LogP contribution in [0.4, 0.5) is 4.79 Å². The first-order valence-corrected chi connectivity index (χ1v) is 14.3. The molecule has 9 nitrogen and oxygen atoms in total. The highest BCUT2D eigenvalue weighted by atomic mass is 28.4. The molecule has 0 aliphatic rings. The predicted octanol–water partition coefficient (Wildman–Crippen LogP) is 4.87. The molecule has 1 amide bonds. The molecule has 2 aromatic rings. The van der Waals surface area contributed by atoms with Gasteiger partial charge in [0.25, 0.3) is 0 Å². The maximum Gasteiger partial charge on any atom is 0.500 e. The summed E-state index contributed by atoms with van der Waals surface area (Å²) in [5.74, 6) is -0.312. The van der Waals surface area contributed by atoms with Crippen LogP contribution in [0.2, 0.25) is 6.04 Å². The van der Waals surface area contributed by atoms with Crippen molar-refractivity contribution in [2.75, 3.05) is 39.6 Å². The van der Waals surface area contributed by atoms with Gasteiger partial charge in [-0.15, -0.1) is 0 Å². The van der Waals surface area contributed by atoms with Gasteiger partial charge in [-0.3, -0.25) is 0 Å². The lowest BCUT2D eigenvalue weighted by Gasteiger charge is -2.28. The Morgan fingerprint density at radius 1 is 0.917 bits per heavy atom. The Bertz CT molecular complexity index is 980. The quantitative estimate of drug-likeness (QED) is 0.173. The van der Waals surface area contributed by atoms with Crippen LogP contribution in [0.25, 0.3) is 16.8 Å². The SMILES string of the molecule is CCO[Si](CCCNC(=O)OCCCOc1ccc(/C=C/C(=O)O)c2ccccc12)(OCC)OCC. The minimum atomic E-state index is -2.71. The summed E-state index contributed by atoms with van der Waals surface area (Å²) in [5, 5.41) is 13.4. The molecule has 0 bridgehead atoms. The smallest absolute Gasteiger partial charge is 0.493 e. The molecule has 0 atom stereocenters. The van der Waals surface area contributed by atoms with Crippen molar-refractivity contribution < 1.29 is 37.4 Å². The van der Waals surface area contributed by atoms with E-state index in [1.165, 1.54) is 0 Å². The third kappa shape index (κ3) is 9.61. The van der Waals surface area contributed by atoms with Crippen molar-refractivity contribution in [2.45, 2.75) is 39.7 Å². The lowest BCUT2D eigenvalue weighted by Crippen LogP contribution is -2.46. The molecule has 2 aromatic carbocycles. The van der Waals surface area contributed by atoms with Gasteiger partial charge in [0, 0.05) is 50.3 Å². The Balaban J connectivity index is 1.74. The summed E-state index contributed by atoms with van der Waals surface area (Å²) >= 11 is 0. The number of fused-ring (bicyclic) bond motifs is 1. The third-order valence-corrected chi connectivity index (χ3v) is 8.28. The number of hydrogen-bond acceptors (Lipinski definition) is 7. The van der Waals surface area contributed by atoms with Crippen LogP contribution in [0, 0.1) is 0 Å². The molecular weight excluding hydrogens is 482 g/mol. The van der Waals surface area contributed by atoms with Crippen molar-refractivity contribution in [1.82, 2.24) is 5.32 Å². The van der Waals surface area contributed by atoms with Crippen LogP contribution in [-0.4, -0.2) is 65.6 Å². The number of benzene rings is 2. The Kier molecular flexibility index (Phi) is 13.0. The molecule has 0 aliphatic heterocycles. The summed E-state index contributed by atoms with van der Waals surface area (Å²) in [4.78, 5) is 22.8. The highest BCUT2D eigenvalue weighted by molar-refractivity contribution is 6.60. The van der Waals surface area contributed by atoms with Gasteiger partial charge in [-0.25, -0.2) is 9.59 Å². The number of nitrogens with one attached hydrogen (secondary N) is 1. The summed E-state index contributed by atoms with van der Waals surface area (Å²) in [7, 11) is -2.71.